The third-order valence-electron chi connectivity index (χ3n) is 7.97. The SMILES string of the molecule is CC(C)n1nc(-c2cnc(N)c(C(F)(F)F)c2)cc1[C@]12C3C1C1(C[C@H]32)CN(C)CCO1. The van der Waals surface area contributed by atoms with E-state index in [1.54, 1.807) is 0 Å². The van der Waals surface area contributed by atoms with Crippen LogP contribution in [0.5, 0.6) is 0 Å². The van der Waals surface area contributed by atoms with Crippen LogP contribution in [0, 0.1) is 17.8 Å². The number of aromatic nitrogens is 3. The van der Waals surface area contributed by atoms with E-state index in [9.17, 15) is 13.2 Å². The van der Waals surface area contributed by atoms with Crippen molar-refractivity contribution >= 4 is 5.82 Å². The molecule has 3 unspecified atom stereocenters. The van der Waals surface area contributed by atoms with Gasteiger partial charge in [-0.1, -0.05) is 0 Å². The maximum Gasteiger partial charge on any atom is 0.419 e. The number of anilines is 1. The van der Waals surface area contributed by atoms with E-state index in [1.807, 2.05) is 10.7 Å². The lowest BCUT2D eigenvalue weighted by molar-refractivity contribution is -0.137. The molecule has 3 heterocycles. The summed E-state index contributed by atoms with van der Waals surface area (Å²) < 4.78 is 48.4. The average molecular weight is 433 g/mol. The van der Waals surface area contributed by atoms with Crippen molar-refractivity contribution in [2.75, 3.05) is 32.5 Å². The number of nitrogens with two attached hydrogens (primary N) is 1. The lowest BCUT2D eigenvalue weighted by Gasteiger charge is -2.39. The number of morpholine rings is 1. The number of alkyl halides is 3. The Hall–Kier alpha value is -2.13. The number of likely N-dealkylation sites (N-methyl/N-ethyl adjacent to an activating group) is 1. The van der Waals surface area contributed by atoms with Gasteiger partial charge in [0.2, 0.25) is 0 Å². The highest BCUT2D eigenvalue weighted by Crippen LogP contribution is 2.94. The second-order valence-corrected chi connectivity index (χ2v) is 10.0. The van der Waals surface area contributed by atoms with Gasteiger partial charge in [0.05, 0.1) is 23.5 Å². The van der Waals surface area contributed by atoms with Crippen LogP contribution in [0.4, 0.5) is 19.0 Å². The topological polar surface area (TPSA) is 69.2 Å². The van der Waals surface area contributed by atoms with E-state index in [-0.39, 0.29) is 17.1 Å². The second-order valence-electron chi connectivity index (χ2n) is 10.0. The number of nitrogen functional groups attached to an aromatic ring is 1. The normalized spacial score (nSPS) is 36.3. The minimum Gasteiger partial charge on any atom is -0.383 e. The number of ether oxygens (including phenoxy) is 1. The van der Waals surface area contributed by atoms with Crippen LogP contribution in [-0.4, -0.2) is 52.0 Å². The Labute approximate surface area is 178 Å². The molecule has 2 N–H and O–H groups in total. The summed E-state index contributed by atoms with van der Waals surface area (Å²) in [5.41, 5.74) is 6.55. The minimum atomic E-state index is -4.55. The van der Waals surface area contributed by atoms with Crippen molar-refractivity contribution in [3.05, 3.63) is 29.6 Å². The molecule has 1 saturated heterocycles. The first-order chi connectivity index (χ1) is 14.6. The molecule has 1 aliphatic heterocycles. The van der Waals surface area contributed by atoms with E-state index in [0.29, 0.717) is 29.0 Å². The van der Waals surface area contributed by atoms with Crippen molar-refractivity contribution in [3.63, 3.8) is 0 Å². The molecule has 31 heavy (non-hydrogen) atoms. The van der Waals surface area contributed by atoms with Gasteiger partial charge >= 0.3 is 6.18 Å². The monoisotopic (exact) mass is 433 g/mol. The van der Waals surface area contributed by atoms with Crippen molar-refractivity contribution in [1.29, 1.82) is 0 Å². The summed E-state index contributed by atoms with van der Waals surface area (Å²) in [6.45, 7) is 6.78. The Morgan fingerprint density at radius 1 is 1.29 bits per heavy atom. The zero-order chi connectivity index (χ0) is 21.9. The van der Waals surface area contributed by atoms with E-state index < -0.39 is 17.6 Å². The van der Waals surface area contributed by atoms with Crippen LogP contribution in [0.2, 0.25) is 0 Å². The van der Waals surface area contributed by atoms with Gasteiger partial charge in [0.25, 0.3) is 0 Å². The van der Waals surface area contributed by atoms with Crippen molar-refractivity contribution in [1.82, 2.24) is 19.7 Å². The highest BCUT2D eigenvalue weighted by molar-refractivity contribution is 5.65. The quantitative estimate of drug-likeness (QED) is 0.804. The van der Waals surface area contributed by atoms with E-state index in [2.05, 4.69) is 30.8 Å². The third kappa shape index (κ3) is 2.42. The average Bonchev–Trinajstić information content (AvgIpc) is 3.32. The molecule has 2 bridgehead atoms. The van der Waals surface area contributed by atoms with Crippen molar-refractivity contribution < 1.29 is 17.9 Å². The Morgan fingerprint density at radius 3 is 2.71 bits per heavy atom. The Balaban J connectivity index is 1.39. The van der Waals surface area contributed by atoms with Crippen molar-refractivity contribution in [2.45, 2.75) is 43.5 Å². The summed E-state index contributed by atoms with van der Waals surface area (Å²) >= 11 is 0. The molecule has 5 atom stereocenters. The highest BCUT2D eigenvalue weighted by atomic mass is 19.4. The largest absolute Gasteiger partial charge is 0.419 e. The zero-order valence-electron chi connectivity index (χ0n) is 17.8. The Morgan fingerprint density at radius 2 is 2.06 bits per heavy atom. The molecule has 2 aromatic heterocycles. The van der Waals surface area contributed by atoms with E-state index in [0.717, 1.165) is 37.9 Å². The van der Waals surface area contributed by atoms with Gasteiger partial charge in [-0.25, -0.2) is 4.98 Å². The summed E-state index contributed by atoms with van der Waals surface area (Å²) in [5.74, 6) is 1.16. The van der Waals surface area contributed by atoms with Gasteiger partial charge < -0.3 is 15.4 Å². The number of hydrogen-bond acceptors (Lipinski definition) is 5. The van der Waals surface area contributed by atoms with E-state index >= 15 is 0 Å². The molecular weight excluding hydrogens is 407 g/mol. The van der Waals surface area contributed by atoms with E-state index in [4.69, 9.17) is 15.6 Å². The molecular formula is C22H26F3N5O. The fourth-order valence-corrected chi connectivity index (χ4v) is 6.76. The van der Waals surface area contributed by atoms with Crippen LogP contribution in [-0.2, 0) is 16.3 Å². The molecule has 1 spiro atoms. The third-order valence-corrected chi connectivity index (χ3v) is 7.97. The van der Waals surface area contributed by atoms with Crippen LogP contribution in [0.25, 0.3) is 11.3 Å². The van der Waals surface area contributed by atoms with Crippen LogP contribution >= 0.6 is 0 Å². The molecule has 5 fully saturated rings. The lowest BCUT2D eigenvalue weighted by Crippen LogP contribution is -2.50. The van der Waals surface area contributed by atoms with Crippen molar-refractivity contribution in [2.24, 2.45) is 17.8 Å². The number of rotatable bonds is 3. The van der Waals surface area contributed by atoms with Gasteiger partial charge in [-0.2, -0.15) is 18.3 Å². The molecule has 166 valence electrons. The van der Waals surface area contributed by atoms with Crippen LogP contribution in [0.1, 0.15) is 37.6 Å². The first-order valence-electron chi connectivity index (χ1n) is 10.9. The molecule has 9 heteroatoms. The predicted molar refractivity (Wildman–Crippen MR) is 108 cm³/mol. The summed E-state index contributed by atoms with van der Waals surface area (Å²) in [4.78, 5) is 6.14. The molecule has 4 aliphatic carbocycles. The molecule has 0 radical (unpaired) electrons. The zero-order valence-corrected chi connectivity index (χ0v) is 17.8. The molecule has 4 saturated carbocycles. The van der Waals surface area contributed by atoms with Crippen molar-refractivity contribution in [3.8, 4) is 11.3 Å². The molecule has 5 aliphatic rings. The van der Waals surface area contributed by atoms with Gasteiger partial charge in [-0.15, -0.1) is 0 Å². The van der Waals surface area contributed by atoms with Gasteiger partial charge in [-0.3, -0.25) is 4.68 Å². The standard InChI is InChI=1S/C22H26F3N5O/c1-11(2)30-16(7-15(28-30)12-6-13(22(23,24)25)19(26)27-9-12)21-14-8-20(18(21)17(14)21)10-29(3)4-5-31-20/h6-7,9,11,14,17-18H,4-5,8,10H2,1-3H3,(H2,26,27)/t14-,17?,18?,20?,21-/m1/s1. The molecule has 7 rings (SSSR count). The van der Waals surface area contributed by atoms with Crippen LogP contribution < -0.4 is 5.73 Å². The minimum absolute atomic E-state index is 0.0712. The molecule has 2 aromatic rings. The maximum absolute atomic E-state index is 13.3. The Kier molecular flexibility index (Phi) is 3.66. The molecule has 0 aromatic carbocycles. The molecule has 6 nitrogen and oxygen atoms in total. The smallest absolute Gasteiger partial charge is 0.383 e. The predicted octanol–water partition coefficient (Wildman–Crippen LogP) is 3.35. The number of nitrogens with zero attached hydrogens (tertiary/aromatic N) is 4. The summed E-state index contributed by atoms with van der Waals surface area (Å²) in [6.07, 6.45) is -2.11. The number of pyridine rings is 1. The van der Waals surface area contributed by atoms with Gasteiger partial charge in [0, 0.05) is 47.9 Å². The lowest BCUT2D eigenvalue weighted by atomic mass is 9.94. The van der Waals surface area contributed by atoms with E-state index in [1.165, 1.54) is 6.20 Å². The van der Waals surface area contributed by atoms with Gasteiger partial charge in [0.15, 0.2) is 0 Å². The second kappa shape index (κ2) is 5.81. The molecule has 0 amide bonds. The van der Waals surface area contributed by atoms with Crippen LogP contribution in [0.3, 0.4) is 0 Å². The number of hydrogen-bond donors (Lipinski definition) is 1. The fraction of sp³-hybridized carbons (Fsp3) is 0.636. The summed E-state index contributed by atoms with van der Waals surface area (Å²) in [7, 11) is 2.14. The van der Waals surface area contributed by atoms with Crippen LogP contribution in [0.15, 0.2) is 18.3 Å². The number of halogens is 3. The first-order valence-corrected chi connectivity index (χ1v) is 10.9. The highest BCUT2D eigenvalue weighted by Gasteiger charge is 2.97. The fourth-order valence-electron chi connectivity index (χ4n) is 6.76. The summed E-state index contributed by atoms with van der Waals surface area (Å²) in [6, 6.07) is 3.14. The maximum atomic E-state index is 13.3. The summed E-state index contributed by atoms with van der Waals surface area (Å²) in [5, 5.41) is 4.73. The Bertz CT molecular complexity index is 1080. The first kappa shape index (κ1) is 19.5. The van der Waals surface area contributed by atoms with Gasteiger partial charge in [0.1, 0.15) is 5.82 Å². The van der Waals surface area contributed by atoms with Gasteiger partial charge in [-0.05, 0) is 51.3 Å².